The Morgan fingerprint density at radius 1 is 0.462 bits per heavy atom. The van der Waals surface area contributed by atoms with E-state index in [1.165, 1.54) is 0 Å². The predicted molar refractivity (Wildman–Crippen MR) is 151 cm³/mol. The van der Waals surface area contributed by atoms with Crippen LogP contribution in [0.1, 0.15) is 101 Å². The Balaban J connectivity index is 0.000000292. The second kappa shape index (κ2) is 15.9. The molecule has 1 unspecified atom stereocenters. The summed E-state index contributed by atoms with van der Waals surface area (Å²) in [5.41, 5.74) is 0. The number of amides is 3. The van der Waals surface area contributed by atoms with E-state index in [1.54, 1.807) is 35.5 Å². The molecule has 3 aliphatic rings. The smallest absolute Gasteiger partial charge is 0.225 e. The minimum absolute atomic E-state index is 0.0000463. The van der Waals surface area contributed by atoms with Crippen molar-refractivity contribution < 1.29 is 28.8 Å². The van der Waals surface area contributed by atoms with Crippen molar-refractivity contribution in [2.45, 2.75) is 119 Å². The number of ketones is 3. The number of likely N-dealkylation sites (tertiary alicyclic amines) is 3. The van der Waals surface area contributed by atoms with Gasteiger partial charge in [0.25, 0.3) is 0 Å². The highest BCUT2D eigenvalue weighted by atomic mass is 16.2. The van der Waals surface area contributed by atoms with Crippen LogP contribution in [-0.2, 0) is 28.8 Å². The van der Waals surface area contributed by atoms with Gasteiger partial charge in [0.2, 0.25) is 17.7 Å². The van der Waals surface area contributed by atoms with Gasteiger partial charge in [0.15, 0.2) is 17.3 Å². The standard InChI is InChI=1S/3C10H17NO2/c3*1-7(2)10(13)11-6-4-5-9(11)8(3)12/h3*7,9H,4-6H2,1-3H3/t2*9-;/m10./s1. The Hall–Kier alpha value is -2.58. The summed E-state index contributed by atoms with van der Waals surface area (Å²) in [6, 6.07) is -0.431. The zero-order valence-electron chi connectivity index (χ0n) is 25.6. The zero-order chi connectivity index (χ0) is 30.0. The maximum Gasteiger partial charge on any atom is 0.225 e. The van der Waals surface area contributed by atoms with Gasteiger partial charge in [-0.3, -0.25) is 28.8 Å². The molecule has 3 saturated heterocycles. The molecule has 3 aliphatic heterocycles. The molecule has 3 heterocycles. The molecule has 0 aromatic heterocycles. The third-order valence-electron chi connectivity index (χ3n) is 7.50. The molecule has 3 atom stereocenters. The monoisotopic (exact) mass is 549 g/mol. The molecule has 0 radical (unpaired) electrons. The van der Waals surface area contributed by atoms with Gasteiger partial charge in [-0.05, 0) is 59.3 Å². The summed E-state index contributed by atoms with van der Waals surface area (Å²) in [5.74, 6) is 0.678. The summed E-state index contributed by atoms with van der Waals surface area (Å²) >= 11 is 0. The first-order valence-electron chi connectivity index (χ1n) is 14.5. The molecular formula is C30H51N3O6. The minimum Gasteiger partial charge on any atom is -0.332 e. The van der Waals surface area contributed by atoms with Crippen LogP contribution in [0.2, 0.25) is 0 Å². The van der Waals surface area contributed by atoms with Gasteiger partial charge >= 0.3 is 0 Å². The number of carbonyl (C=O) groups is 6. The molecule has 0 aromatic carbocycles. The van der Waals surface area contributed by atoms with E-state index >= 15 is 0 Å². The average Bonchev–Trinajstić information content (AvgIpc) is 3.63. The summed E-state index contributed by atoms with van der Waals surface area (Å²) in [6.45, 7) is 18.2. The van der Waals surface area contributed by atoms with Gasteiger partial charge in [0.1, 0.15) is 0 Å². The Bertz CT molecular complexity index is 783. The normalized spacial score (nSPS) is 22.5. The lowest BCUT2D eigenvalue weighted by atomic mass is 10.1. The molecule has 3 rings (SSSR count). The molecule has 222 valence electrons. The molecule has 0 aromatic rings. The zero-order valence-corrected chi connectivity index (χ0v) is 25.6. The molecule has 3 amide bonds. The number of Topliss-reactive ketones (excluding diaryl/α,β-unsaturated/α-hetero) is 3. The molecule has 0 bridgehead atoms. The minimum atomic E-state index is -0.144. The van der Waals surface area contributed by atoms with Crippen LogP contribution in [0.25, 0.3) is 0 Å². The van der Waals surface area contributed by atoms with Crippen LogP contribution in [0.5, 0.6) is 0 Å². The number of nitrogens with zero attached hydrogens (tertiary/aromatic N) is 3. The number of hydrogen-bond acceptors (Lipinski definition) is 6. The van der Waals surface area contributed by atoms with Crippen LogP contribution < -0.4 is 0 Å². The first-order valence-corrected chi connectivity index (χ1v) is 14.5. The lowest BCUT2D eigenvalue weighted by Gasteiger charge is -2.24. The topological polar surface area (TPSA) is 112 Å². The van der Waals surface area contributed by atoms with Crippen molar-refractivity contribution >= 4 is 35.1 Å². The molecular weight excluding hydrogens is 498 g/mol. The molecule has 0 saturated carbocycles. The Kier molecular flexibility index (Phi) is 14.0. The van der Waals surface area contributed by atoms with E-state index in [2.05, 4.69) is 0 Å². The molecule has 39 heavy (non-hydrogen) atoms. The van der Waals surface area contributed by atoms with Gasteiger partial charge in [-0.2, -0.15) is 0 Å². The highest BCUT2D eigenvalue weighted by molar-refractivity contribution is 5.90. The van der Waals surface area contributed by atoms with Crippen molar-refractivity contribution in [2.75, 3.05) is 19.6 Å². The van der Waals surface area contributed by atoms with E-state index in [9.17, 15) is 28.8 Å². The summed E-state index contributed by atoms with van der Waals surface area (Å²) < 4.78 is 0. The van der Waals surface area contributed by atoms with E-state index in [0.29, 0.717) is 0 Å². The summed E-state index contributed by atoms with van der Waals surface area (Å²) in [4.78, 5) is 73.7. The molecule has 3 fully saturated rings. The van der Waals surface area contributed by atoms with Gasteiger partial charge in [-0.1, -0.05) is 41.5 Å². The first kappa shape index (κ1) is 34.4. The second-order valence-electron chi connectivity index (χ2n) is 11.9. The number of rotatable bonds is 6. The average molecular weight is 550 g/mol. The van der Waals surface area contributed by atoms with E-state index < -0.39 is 0 Å². The van der Waals surface area contributed by atoms with E-state index in [1.807, 2.05) is 41.5 Å². The van der Waals surface area contributed by atoms with Crippen LogP contribution in [-0.4, -0.2) is 87.5 Å². The van der Waals surface area contributed by atoms with Gasteiger partial charge in [-0.25, -0.2) is 0 Å². The van der Waals surface area contributed by atoms with Crippen molar-refractivity contribution in [1.82, 2.24) is 14.7 Å². The lowest BCUT2D eigenvalue weighted by Crippen LogP contribution is -2.41. The number of hydrogen-bond donors (Lipinski definition) is 0. The highest BCUT2D eigenvalue weighted by Crippen LogP contribution is 2.22. The Labute approximate surface area is 235 Å². The maximum atomic E-state index is 11.6. The van der Waals surface area contributed by atoms with Crippen LogP contribution in [0.3, 0.4) is 0 Å². The van der Waals surface area contributed by atoms with Crippen molar-refractivity contribution in [3.63, 3.8) is 0 Å². The molecule has 0 aliphatic carbocycles. The fourth-order valence-corrected chi connectivity index (χ4v) is 5.35. The van der Waals surface area contributed by atoms with E-state index in [0.717, 1.165) is 58.2 Å². The van der Waals surface area contributed by atoms with Crippen LogP contribution in [0.15, 0.2) is 0 Å². The first-order chi connectivity index (χ1) is 18.1. The summed E-state index contributed by atoms with van der Waals surface area (Å²) in [5, 5.41) is 0. The number of carbonyl (C=O) groups excluding carboxylic acids is 6. The van der Waals surface area contributed by atoms with Crippen molar-refractivity contribution in [1.29, 1.82) is 0 Å². The molecule has 9 heteroatoms. The van der Waals surface area contributed by atoms with Gasteiger partial charge in [0, 0.05) is 37.4 Å². The second-order valence-corrected chi connectivity index (χ2v) is 11.9. The van der Waals surface area contributed by atoms with E-state index in [-0.39, 0.29) is 71.0 Å². The lowest BCUT2D eigenvalue weighted by molar-refractivity contribution is -0.139. The summed E-state index contributed by atoms with van der Waals surface area (Å²) in [7, 11) is 0. The van der Waals surface area contributed by atoms with Crippen LogP contribution >= 0.6 is 0 Å². The van der Waals surface area contributed by atoms with Crippen LogP contribution in [0.4, 0.5) is 0 Å². The molecule has 0 N–H and O–H groups in total. The Morgan fingerprint density at radius 3 is 0.821 bits per heavy atom. The fraction of sp³-hybridized carbons (Fsp3) is 0.800. The van der Waals surface area contributed by atoms with Crippen molar-refractivity contribution in [3.05, 3.63) is 0 Å². The van der Waals surface area contributed by atoms with Crippen LogP contribution in [0, 0.1) is 17.8 Å². The Morgan fingerprint density at radius 2 is 0.667 bits per heavy atom. The SMILES string of the molecule is CC(=O)C1CCCN1C(=O)C(C)C.CC(=O)[C@@H]1CCCN1C(=O)C(C)C.CC(=O)[C@H]1CCCN1C(=O)C(C)C. The fourth-order valence-electron chi connectivity index (χ4n) is 5.35. The predicted octanol–water partition coefficient (Wildman–Crippen LogP) is 3.67. The van der Waals surface area contributed by atoms with Gasteiger partial charge in [0.05, 0.1) is 18.1 Å². The van der Waals surface area contributed by atoms with Gasteiger partial charge < -0.3 is 14.7 Å². The quantitative estimate of drug-likeness (QED) is 0.500. The molecule has 9 nitrogen and oxygen atoms in total. The van der Waals surface area contributed by atoms with E-state index in [4.69, 9.17) is 0 Å². The largest absolute Gasteiger partial charge is 0.332 e. The van der Waals surface area contributed by atoms with Crippen molar-refractivity contribution in [2.24, 2.45) is 17.8 Å². The third kappa shape index (κ3) is 9.84. The highest BCUT2D eigenvalue weighted by Gasteiger charge is 2.34. The van der Waals surface area contributed by atoms with Gasteiger partial charge in [-0.15, -0.1) is 0 Å². The third-order valence-corrected chi connectivity index (χ3v) is 7.50. The van der Waals surface area contributed by atoms with Crippen molar-refractivity contribution in [3.8, 4) is 0 Å². The summed E-state index contributed by atoms with van der Waals surface area (Å²) in [6.07, 6.45) is 5.41. The maximum absolute atomic E-state index is 11.6. The molecule has 0 spiro atoms.